The van der Waals surface area contributed by atoms with Crippen LogP contribution in [0.15, 0.2) is 41.3 Å². The molecule has 2 aliphatic rings. The molecule has 2 aromatic rings. The van der Waals surface area contributed by atoms with Crippen LogP contribution in [0.4, 0.5) is 10.1 Å². The van der Waals surface area contributed by atoms with Crippen molar-refractivity contribution in [3.63, 3.8) is 0 Å². The molecule has 2 nitrogen and oxygen atoms in total. The molecule has 1 N–H and O–H groups in total. The Balaban J connectivity index is 1.86. The third kappa shape index (κ3) is 2.15. The minimum absolute atomic E-state index is 0.0822. The van der Waals surface area contributed by atoms with Crippen LogP contribution < -0.4 is 10.1 Å². The van der Waals surface area contributed by atoms with E-state index in [-0.39, 0.29) is 17.3 Å². The zero-order chi connectivity index (χ0) is 16.2. The lowest BCUT2D eigenvalue weighted by Gasteiger charge is -2.48. The Kier molecular flexibility index (Phi) is 3.34. The van der Waals surface area contributed by atoms with E-state index in [1.54, 1.807) is 13.2 Å². The second-order valence-corrected chi connectivity index (χ2v) is 7.86. The molecule has 4 heteroatoms. The first-order valence-electron chi connectivity index (χ1n) is 7.88. The molecule has 0 aliphatic carbocycles. The van der Waals surface area contributed by atoms with Crippen molar-refractivity contribution >= 4 is 17.4 Å². The molecule has 2 aromatic carbocycles. The topological polar surface area (TPSA) is 21.3 Å². The van der Waals surface area contributed by atoms with Crippen molar-refractivity contribution in [3.05, 3.63) is 53.3 Å². The minimum atomic E-state index is -0.164. The summed E-state index contributed by atoms with van der Waals surface area (Å²) in [5.41, 5.74) is 3.32. The van der Waals surface area contributed by atoms with Crippen LogP contribution in [0.1, 0.15) is 31.0 Å². The molecule has 0 aromatic heterocycles. The zero-order valence-electron chi connectivity index (χ0n) is 13.5. The Hall–Kier alpha value is -1.68. The zero-order valence-corrected chi connectivity index (χ0v) is 14.3. The Bertz CT molecular complexity index is 774. The number of rotatable bonds is 1. The quantitative estimate of drug-likeness (QED) is 0.795. The number of benzene rings is 2. The van der Waals surface area contributed by atoms with Crippen LogP contribution >= 0.6 is 11.8 Å². The molecule has 2 atom stereocenters. The van der Waals surface area contributed by atoms with Gasteiger partial charge in [0.25, 0.3) is 0 Å². The maximum absolute atomic E-state index is 13.8. The Labute approximate surface area is 140 Å². The summed E-state index contributed by atoms with van der Waals surface area (Å²) in [6, 6.07) is 11.6. The van der Waals surface area contributed by atoms with Gasteiger partial charge in [0.2, 0.25) is 0 Å². The van der Waals surface area contributed by atoms with Crippen LogP contribution in [0.3, 0.4) is 0 Å². The standard InChI is InChI=1S/C19H20FNOS/c1-19(2)13-9-11(20)7-8-15(13)21-17-12-5-4-6-16(22-3)18(12)23-10-14(17)19/h4-9,14,17,21H,10H2,1-3H3/t14-,17+/m1/s1. The maximum Gasteiger partial charge on any atom is 0.132 e. The fourth-order valence-electron chi connectivity index (χ4n) is 3.93. The van der Waals surface area contributed by atoms with Crippen molar-refractivity contribution in [3.8, 4) is 5.75 Å². The molecule has 0 radical (unpaired) electrons. The Morgan fingerprint density at radius 1 is 1.26 bits per heavy atom. The lowest BCUT2D eigenvalue weighted by atomic mass is 9.66. The van der Waals surface area contributed by atoms with E-state index in [4.69, 9.17) is 4.74 Å². The number of fused-ring (bicyclic) bond motifs is 4. The molecule has 120 valence electrons. The van der Waals surface area contributed by atoms with Crippen LogP contribution in [0.2, 0.25) is 0 Å². The number of methoxy groups -OCH3 is 1. The van der Waals surface area contributed by atoms with Gasteiger partial charge in [-0.15, -0.1) is 11.8 Å². The van der Waals surface area contributed by atoms with Gasteiger partial charge in [-0.3, -0.25) is 0 Å². The van der Waals surface area contributed by atoms with E-state index in [0.29, 0.717) is 5.92 Å². The first kappa shape index (κ1) is 14.9. The minimum Gasteiger partial charge on any atom is -0.496 e. The number of anilines is 1. The number of hydrogen-bond acceptors (Lipinski definition) is 3. The smallest absolute Gasteiger partial charge is 0.132 e. The van der Waals surface area contributed by atoms with Crippen LogP contribution in [-0.4, -0.2) is 12.9 Å². The van der Waals surface area contributed by atoms with Crippen molar-refractivity contribution in [2.24, 2.45) is 5.92 Å². The summed E-state index contributed by atoms with van der Waals surface area (Å²) in [5, 5.41) is 3.65. The lowest BCUT2D eigenvalue weighted by molar-refractivity contribution is 0.290. The van der Waals surface area contributed by atoms with Gasteiger partial charge in [-0.05, 0) is 40.8 Å². The van der Waals surface area contributed by atoms with E-state index in [1.165, 1.54) is 16.5 Å². The largest absolute Gasteiger partial charge is 0.496 e. The summed E-state index contributed by atoms with van der Waals surface area (Å²) < 4.78 is 19.3. The first-order valence-corrected chi connectivity index (χ1v) is 8.87. The molecule has 0 fully saturated rings. The molecule has 2 heterocycles. The fraction of sp³-hybridized carbons (Fsp3) is 0.368. The highest BCUT2D eigenvalue weighted by atomic mass is 32.2. The average Bonchev–Trinajstić information content (AvgIpc) is 2.55. The molecular formula is C19H20FNOS. The van der Waals surface area contributed by atoms with E-state index >= 15 is 0 Å². The molecule has 0 saturated carbocycles. The van der Waals surface area contributed by atoms with Crippen molar-refractivity contribution in [2.45, 2.75) is 30.2 Å². The molecular weight excluding hydrogens is 309 g/mol. The van der Waals surface area contributed by atoms with Crippen molar-refractivity contribution in [1.29, 1.82) is 0 Å². The lowest BCUT2D eigenvalue weighted by Crippen LogP contribution is -2.44. The van der Waals surface area contributed by atoms with E-state index in [1.807, 2.05) is 23.9 Å². The molecule has 2 aliphatic heterocycles. The van der Waals surface area contributed by atoms with Crippen molar-refractivity contribution in [1.82, 2.24) is 0 Å². The Morgan fingerprint density at radius 2 is 2.09 bits per heavy atom. The first-order chi connectivity index (χ1) is 11.0. The second kappa shape index (κ2) is 5.17. The fourth-order valence-corrected chi connectivity index (χ4v) is 5.54. The third-order valence-electron chi connectivity index (χ3n) is 5.29. The third-order valence-corrected chi connectivity index (χ3v) is 6.54. The van der Waals surface area contributed by atoms with Crippen LogP contribution in [0.5, 0.6) is 5.75 Å². The SMILES string of the molecule is COc1cccc2c1SC[C@@H]1[C@H]2Nc2ccc(F)cc2C1(C)C. The normalized spacial score (nSPS) is 24.0. The number of nitrogens with one attached hydrogen (secondary N) is 1. The van der Waals surface area contributed by atoms with Gasteiger partial charge >= 0.3 is 0 Å². The average molecular weight is 329 g/mol. The molecule has 0 bridgehead atoms. The second-order valence-electron chi connectivity index (χ2n) is 6.83. The number of ether oxygens (including phenoxy) is 1. The summed E-state index contributed by atoms with van der Waals surface area (Å²) in [6.45, 7) is 4.46. The van der Waals surface area contributed by atoms with E-state index in [0.717, 1.165) is 22.8 Å². The predicted octanol–water partition coefficient (Wildman–Crippen LogP) is 5.00. The summed E-state index contributed by atoms with van der Waals surface area (Å²) in [6.07, 6.45) is 0. The van der Waals surface area contributed by atoms with Gasteiger partial charge in [0.15, 0.2) is 0 Å². The Morgan fingerprint density at radius 3 is 2.87 bits per heavy atom. The monoisotopic (exact) mass is 329 g/mol. The molecule has 0 amide bonds. The van der Waals surface area contributed by atoms with Gasteiger partial charge in [-0.1, -0.05) is 26.0 Å². The van der Waals surface area contributed by atoms with Crippen molar-refractivity contribution < 1.29 is 9.13 Å². The van der Waals surface area contributed by atoms with Gasteiger partial charge in [-0.25, -0.2) is 4.39 Å². The molecule has 23 heavy (non-hydrogen) atoms. The summed E-state index contributed by atoms with van der Waals surface area (Å²) in [5.74, 6) is 2.17. The van der Waals surface area contributed by atoms with Gasteiger partial charge < -0.3 is 10.1 Å². The van der Waals surface area contributed by atoms with Crippen LogP contribution in [-0.2, 0) is 5.41 Å². The number of hydrogen-bond donors (Lipinski definition) is 1. The van der Waals surface area contributed by atoms with E-state index in [9.17, 15) is 4.39 Å². The summed E-state index contributed by atoms with van der Waals surface area (Å²) in [4.78, 5) is 1.23. The van der Waals surface area contributed by atoms with Gasteiger partial charge in [0.1, 0.15) is 11.6 Å². The highest BCUT2D eigenvalue weighted by molar-refractivity contribution is 7.99. The predicted molar refractivity (Wildman–Crippen MR) is 93.0 cm³/mol. The highest BCUT2D eigenvalue weighted by Crippen LogP contribution is 2.55. The van der Waals surface area contributed by atoms with Gasteiger partial charge in [0.05, 0.1) is 18.0 Å². The van der Waals surface area contributed by atoms with Crippen molar-refractivity contribution in [2.75, 3.05) is 18.2 Å². The molecule has 0 spiro atoms. The number of halogens is 1. The number of thioether (sulfide) groups is 1. The summed E-state index contributed by atoms with van der Waals surface area (Å²) >= 11 is 1.85. The molecule has 0 saturated heterocycles. The highest BCUT2D eigenvalue weighted by Gasteiger charge is 2.46. The van der Waals surface area contributed by atoms with Gasteiger partial charge in [0, 0.05) is 17.4 Å². The van der Waals surface area contributed by atoms with Crippen LogP contribution in [0, 0.1) is 11.7 Å². The van der Waals surface area contributed by atoms with Gasteiger partial charge in [-0.2, -0.15) is 0 Å². The summed E-state index contributed by atoms with van der Waals surface area (Å²) in [7, 11) is 1.72. The maximum atomic E-state index is 13.8. The molecule has 4 rings (SSSR count). The van der Waals surface area contributed by atoms with E-state index in [2.05, 4.69) is 31.3 Å². The molecule has 0 unspecified atom stereocenters. The van der Waals surface area contributed by atoms with Crippen LogP contribution in [0.25, 0.3) is 0 Å². The van der Waals surface area contributed by atoms with E-state index < -0.39 is 0 Å².